The topological polar surface area (TPSA) is 84.9 Å². The predicted molar refractivity (Wildman–Crippen MR) is 151 cm³/mol. The third-order valence-corrected chi connectivity index (χ3v) is 6.42. The molecule has 7 heteroatoms. The Labute approximate surface area is 226 Å². The number of urea groups is 1. The van der Waals surface area contributed by atoms with E-state index in [9.17, 15) is 14.4 Å². The van der Waals surface area contributed by atoms with Crippen LogP contribution in [-0.2, 0) is 22.6 Å². The molecule has 7 nitrogen and oxygen atoms in total. The molecule has 0 aliphatic carbocycles. The number of methoxy groups -OCH3 is 1. The fourth-order valence-electron chi connectivity index (χ4n) is 4.59. The number of anilines is 1. The number of benzene rings is 4. The van der Waals surface area contributed by atoms with Crippen molar-refractivity contribution in [1.29, 1.82) is 0 Å². The monoisotopic (exact) mass is 518 g/mol. The number of fused-ring (bicyclic) bond motifs is 1. The Morgan fingerprint density at radius 3 is 2.41 bits per heavy atom. The molecule has 5 rings (SSSR count). The molecule has 1 aliphatic rings. The molecular formula is C32H26N2O5. The molecule has 4 amide bonds. The van der Waals surface area contributed by atoms with Gasteiger partial charge in [-0.05, 0) is 58.7 Å². The standard InChI is InChI=1S/C32H26N2O5/c1-3-10-23-17-21(18-27-30(35)33-32(37)34(31(27)36)25-14-5-4-6-15-25)19-28(38-2)29(23)39-20-24-13-9-12-22-11-7-8-16-26(22)24/h3-9,11-19H,1,10,20H2,2H3,(H,33,35,37)/b27-18+. The summed E-state index contributed by atoms with van der Waals surface area (Å²) in [7, 11) is 1.53. The van der Waals surface area contributed by atoms with Gasteiger partial charge in [0.1, 0.15) is 12.2 Å². The molecule has 4 aromatic carbocycles. The van der Waals surface area contributed by atoms with E-state index in [-0.39, 0.29) is 5.57 Å². The Hall–Kier alpha value is -5.17. The lowest BCUT2D eigenvalue weighted by Gasteiger charge is -2.26. The fraction of sp³-hybridized carbons (Fsp3) is 0.0938. The highest BCUT2D eigenvalue weighted by molar-refractivity contribution is 6.39. The number of hydrogen-bond donors (Lipinski definition) is 1. The van der Waals surface area contributed by atoms with Crippen LogP contribution in [0.2, 0.25) is 0 Å². The second-order valence-corrected chi connectivity index (χ2v) is 8.92. The molecule has 0 aromatic heterocycles. The number of hydrogen-bond acceptors (Lipinski definition) is 5. The maximum Gasteiger partial charge on any atom is 0.335 e. The number of ether oxygens (including phenoxy) is 2. The largest absolute Gasteiger partial charge is 0.493 e. The van der Waals surface area contributed by atoms with Gasteiger partial charge in [0.15, 0.2) is 11.5 Å². The van der Waals surface area contributed by atoms with Gasteiger partial charge in [-0.1, -0.05) is 66.7 Å². The van der Waals surface area contributed by atoms with Crippen molar-refractivity contribution in [3.8, 4) is 11.5 Å². The molecule has 1 heterocycles. The molecule has 1 saturated heterocycles. The highest BCUT2D eigenvalue weighted by atomic mass is 16.5. The molecule has 4 aromatic rings. The van der Waals surface area contributed by atoms with Gasteiger partial charge in [0, 0.05) is 5.56 Å². The first-order valence-electron chi connectivity index (χ1n) is 12.4. The lowest BCUT2D eigenvalue weighted by Crippen LogP contribution is -2.54. The second kappa shape index (κ2) is 11.1. The summed E-state index contributed by atoms with van der Waals surface area (Å²) in [5.41, 5.74) is 2.54. The summed E-state index contributed by atoms with van der Waals surface area (Å²) in [6.45, 7) is 4.18. The van der Waals surface area contributed by atoms with E-state index in [0.717, 1.165) is 26.8 Å². The zero-order valence-corrected chi connectivity index (χ0v) is 21.3. The first kappa shape index (κ1) is 25.5. The molecule has 1 fully saturated rings. The van der Waals surface area contributed by atoms with Crippen molar-refractivity contribution in [1.82, 2.24) is 5.32 Å². The maximum absolute atomic E-state index is 13.3. The highest BCUT2D eigenvalue weighted by Gasteiger charge is 2.36. The summed E-state index contributed by atoms with van der Waals surface area (Å²) >= 11 is 0. The van der Waals surface area contributed by atoms with E-state index in [1.54, 1.807) is 42.5 Å². The summed E-state index contributed by atoms with van der Waals surface area (Å²) < 4.78 is 12.0. The molecule has 0 bridgehead atoms. The number of rotatable bonds is 8. The Morgan fingerprint density at radius 2 is 1.64 bits per heavy atom. The molecule has 0 saturated carbocycles. The van der Waals surface area contributed by atoms with Crippen LogP contribution in [0.5, 0.6) is 11.5 Å². The zero-order chi connectivity index (χ0) is 27.4. The van der Waals surface area contributed by atoms with Crippen LogP contribution in [0.1, 0.15) is 16.7 Å². The quantitative estimate of drug-likeness (QED) is 0.180. The van der Waals surface area contributed by atoms with E-state index in [1.807, 2.05) is 30.3 Å². The van der Waals surface area contributed by atoms with Gasteiger partial charge in [-0.2, -0.15) is 0 Å². The van der Waals surface area contributed by atoms with Gasteiger partial charge < -0.3 is 9.47 Å². The second-order valence-electron chi connectivity index (χ2n) is 8.92. The summed E-state index contributed by atoms with van der Waals surface area (Å²) in [5.74, 6) is -0.484. The minimum atomic E-state index is -0.796. The van der Waals surface area contributed by atoms with Crippen LogP contribution in [0.3, 0.4) is 0 Å². The van der Waals surface area contributed by atoms with Crippen molar-refractivity contribution in [3.05, 3.63) is 120 Å². The summed E-state index contributed by atoms with van der Waals surface area (Å²) in [5, 5.41) is 4.47. The van der Waals surface area contributed by atoms with Gasteiger partial charge in [0.2, 0.25) is 0 Å². The summed E-state index contributed by atoms with van der Waals surface area (Å²) in [6, 6.07) is 25.3. The number of carbonyl (C=O) groups excluding carboxylic acids is 3. The molecule has 1 aliphatic heterocycles. The Bertz CT molecular complexity index is 1620. The number of allylic oxidation sites excluding steroid dienone is 1. The first-order valence-corrected chi connectivity index (χ1v) is 12.4. The van der Waals surface area contributed by atoms with Crippen LogP contribution in [0.25, 0.3) is 16.8 Å². The minimum Gasteiger partial charge on any atom is -0.493 e. The van der Waals surface area contributed by atoms with E-state index in [4.69, 9.17) is 9.47 Å². The van der Waals surface area contributed by atoms with E-state index in [1.165, 1.54) is 13.2 Å². The van der Waals surface area contributed by atoms with Gasteiger partial charge in [0.05, 0.1) is 12.8 Å². The van der Waals surface area contributed by atoms with Crippen molar-refractivity contribution in [3.63, 3.8) is 0 Å². The normalized spacial score (nSPS) is 14.4. The molecule has 0 unspecified atom stereocenters. The number of nitrogens with zero attached hydrogens (tertiary/aromatic N) is 1. The smallest absolute Gasteiger partial charge is 0.335 e. The van der Waals surface area contributed by atoms with Crippen LogP contribution < -0.4 is 19.7 Å². The average molecular weight is 519 g/mol. The van der Waals surface area contributed by atoms with Crippen molar-refractivity contribution in [2.75, 3.05) is 12.0 Å². The summed E-state index contributed by atoms with van der Waals surface area (Å²) in [4.78, 5) is 39.3. The number of carbonyl (C=O) groups is 3. The molecule has 39 heavy (non-hydrogen) atoms. The Balaban J connectivity index is 1.50. The first-order chi connectivity index (χ1) is 19.0. The lowest BCUT2D eigenvalue weighted by atomic mass is 10.0. The lowest BCUT2D eigenvalue weighted by molar-refractivity contribution is -0.122. The number of nitrogens with one attached hydrogen (secondary N) is 1. The Morgan fingerprint density at radius 1 is 0.897 bits per heavy atom. The number of para-hydroxylation sites is 1. The van der Waals surface area contributed by atoms with Gasteiger partial charge >= 0.3 is 6.03 Å². The van der Waals surface area contributed by atoms with Crippen molar-refractivity contribution in [2.45, 2.75) is 13.0 Å². The van der Waals surface area contributed by atoms with Crippen LogP contribution in [0.4, 0.5) is 10.5 Å². The maximum atomic E-state index is 13.3. The molecule has 0 spiro atoms. The van der Waals surface area contributed by atoms with Gasteiger partial charge in [0.25, 0.3) is 11.8 Å². The average Bonchev–Trinajstić information content (AvgIpc) is 2.95. The summed E-state index contributed by atoms with van der Waals surface area (Å²) in [6.07, 6.45) is 3.65. The minimum absolute atomic E-state index is 0.172. The van der Waals surface area contributed by atoms with Crippen molar-refractivity contribution < 1.29 is 23.9 Å². The van der Waals surface area contributed by atoms with E-state index < -0.39 is 17.8 Å². The van der Waals surface area contributed by atoms with Crippen LogP contribution >= 0.6 is 0 Å². The number of amides is 4. The van der Waals surface area contributed by atoms with Crippen LogP contribution in [0, 0.1) is 0 Å². The SMILES string of the molecule is C=CCc1cc(/C=C2\C(=O)NC(=O)N(c3ccccc3)C2=O)cc(OC)c1OCc1cccc2ccccc12. The van der Waals surface area contributed by atoms with Crippen molar-refractivity contribution in [2.24, 2.45) is 0 Å². The fourth-order valence-corrected chi connectivity index (χ4v) is 4.59. The molecule has 0 radical (unpaired) electrons. The Kier molecular flexibility index (Phi) is 7.23. The predicted octanol–water partition coefficient (Wildman–Crippen LogP) is 5.82. The molecule has 194 valence electrons. The van der Waals surface area contributed by atoms with Crippen LogP contribution in [-0.4, -0.2) is 25.0 Å². The van der Waals surface area contributed by atoms with E-state index in [0.29, 0.717) is 35.8 Å². The molecular weight excluding hydrogens is 492 g/mol. The van der Waals surface area contributed by atoms with Gasteiger partial charge in [-0.15, -0.1) is 6.58 Å². The number of imide groups is 2. The van der Waals surface area contributed by atoms with E-state index in [2.05, 4.69) is 30.1 Å². The van der Waals surface area contributed by atoms with Gasteiger partial charge in [-0.25, -0.2) is 9.69 Å². The van der Waals surface area contributed by atoms with Crippen molar-refractivity contribution >= 4 is 40.4 Å². The van der Waals surface area contributed by atoms with Gasteiger partial charge in [-0.3, -0.25) is 14.9 Å². The molecule has 1 N–H and O–H groups in total. The molecule has 0 atom stereocenters. The highest BCUT2D eigenvalue weighted by Crippen LogP contribution is 2.36. The zero-order valence-electron chi connectivity index (χ0n) is 21.3. The van der Waals surface area contributed by atoms with E-state index >= 15 is 0 Å². The number of barbiturate groups is 1. The van der Waals surface area contributed by atoms with Crippen LogP contribution in [0.15, 0.2) is 103 Å². The third-order valence-electron chi connectivity index (χ3n) is 6.42. The third kappa shape index (κ3) is 5.15.